The van der Waals surface area contributed by atoms with Crippen molar-refractivity contribution < 1.29 is 13.2 Å². The zero-order valence-electron chi connectivity index (χ0n) is 20.1. The smallest absolute Gasteiger partial charge is 0.369 e. The Balaban J connectivity index is 1.40. The first kappa shape index (κ1) is 25.1. The molecule has 0 amide bonds. The molecule has 0 aliphatic carbocycles. The number of alkyl halides is 3. The summed E-state index contributed by atoms with van der Waals surface area (Å²) in [5, 5.41) is 3.78. The first-order valence-electron chi connectivity index (χ1n) is 11.8. The maximum Gasteiger partial charge on any atom is 0.446 e. The van der Waals surface area contributed by atoms with Crippen molar-refractivity contribution in [2.45, 2.75) is 16.9 Å². The second-order valence-electron chi connectivity index (χ2n) is 8.85. The van der Waals surface area contributed by atoms with E-state index < -0.39 is 5.51 Å². The number of rotatable bonds is 6. The van der Waals surface area contributed by atoms with Crippen molar-refractivity contribution in [1.82, 2.24) is 19.4 Å². The number of benzene rings is 2. The van der Waals surface area contributed by atoms with Crippen LogP contribution in [0.15, 0.2) is 76.6 Å². The van der Waals surface area contributed by atoms with Crippen LogP contribution < -0.4 is 15.8 Å². The molecule has 1 N–H and O–H groups in total. The number of halogens is 3. The van der Waals surface area contributed by atoms with Gasteiger partial charge in [-0.15, -0.1) is 0 Å². The molecule has 2 aromatic carbocycles. The lowest BCUT2D eigenvalue weighted by Gasteiger charge is -2.34. The average Bonchev–Trinajstić information content (AvgIpc) is 2.87. The van der Waals surface area contributed by atoms with Gasteiger partial charge in [-0.3, -0.25) is 9.36 Å². The van der Waals surface area contributed by atoms with Crippen molar-refractivity contribution in [3.63, 3.8) is 0 Å². The highest BCUT2D eigenvalue weighted by molar-refractivity contribution is 8.00. The van der Waals surface area contributed by atoms with Gasteiger partial charge in [0.25, 0.3) is 5.56 Å². The number of thioether (sulfide) groups is 1. The van der Waals surface area contributed by atoms with Gasteiger partial charge in [-0.1, -0.05) is 18.2 Å². The van der Waals surface area contributed by atoms with Gasteiger partial charge < -0.3 is 15.1 Å². The Labute approximate surface area is 215 Å². The van der Waals surface area contributed by atoms with Crippen molar-refractivity contribution in [2.75, 3.05) is 43.4 Å². The zero-order valence-corrected chi connectivity index (χ0v) is 20.9. The summed E-state index contributed by atoms with van der Waals surface area (Å²) in [5.41, 5.74) is -2.14. The van der Waals surface area contributed by atoms with Crippen LogP contribution in [0.1, 0.15) is 5.56 Å². The van der Waals surface area contributed by atoms with E-state index in [1.165, 1.54) is 16.7 Å². The third-order valence-electron chi connectivity index (χ3n) is 6.24. The van der Waals surface area contributed by atoms with Gasteiger partial charge >= 0.3 is 5.51 Å². The molecule has 0 atom stereocenters. The zero-order chi connectivity index (χ0) is 26.0. The molecule has 0 spiro atoms. The van der Waals surface area contributed by atoms with Crippen LogP contribution in [-0.4, -0.2) is 58.2 Å². The van der Waals surface area contributed by atoms with Gasteiger partial charge in [0.15, 0.2) is 0 Å². The molecule has 1 fully saturated rings. The fourth-order valence-corrected chi connectivity index (χ4v) is 4.92. The fraction of sp³-hybridized carbons (Fsp3) is 0.269. The monoisotopic (exact) mass is 526 g/mol. The summed E-state index contributed by atoms with van der Waals surface area (Å²) in [6.07, 6.45) is 1.59. The summed E-state index contributed by atoms with van der Waals surface area (Å²) in [6, 6.07) is 17.1. The molecule has 0 unspecified atom stereocenters. The number of pyridine rings is 1. The summed E-state index contributed by atoms with van der Waals surface area (Å²) < 4.78 is 40.5. The molecule has 2 aromatic heterocycles. The summed E-state index contributed by atoms with van der Waals surface area (Å²) in [4.78, 5) is 26.4. The highest BCUT2D eigenvalue weighted by Gasteiger charge is 2.30. The number of aromatic nitrogens is 3. The number of nitrogens with zero attached hydrogens (tertiary/aromatic N) is 5. The molecule has 37 heavy (non-hydrogen) atoms. The van der Waals surface area contributed by atoms with E-state index in [0.717, 1.165) is 37.6 Å². The van der Waals surface area contributed by atoms with E-state index in [4.69, 9.17) is 0 Å². The lowest BCUT2D eigenvalue weighted by molar-refractivity contribution is -0.0328. The predicted molar refractivity (Wildman–Crippen MR) is 141 cm³/mol. The maximum atomic E-state index is 13.1. The van der Waals surface area contributed by atoms with E-state index in [2.05, 4.69) is 32.1 Å². The average molecular weight is 527 g/mol. The fourth-order valence-electron chi connectivity index (χ4n) is 4.26. The molecule has 0 radical (unpaired) electrons. The van der Waals surface area contributed by atoms with Crippen LogP contribution in [0.25, 0.3) is 11.0 Å². The second kappa shape index (κ2) is 10.4. The third kappa shape index (κ3) is 6.05. The highest BCUT2D eigenvalue weighted by atomic mass is 32.2. The Morgan fingerprint density at radius 1 is 0.973 bits per heavy atom. The van der Waals surface area contributed by atoms with Crippen molar-refractivity contribution in [3.05, 3.63) is 82.8 Å². The molecule has 0 saturated carbocycles. The maximum absolute atomic E-state index is 13.1. The molecule has 1 aliphatic heterocycles. The van der Waals surface area contributed by atoms with Gasteiger partial charge in [-0.05, 0) is 60.8 Å². The van der Waals surface area contributed by atoms with Crippen LogP contribution in [0.5, 0.6) is 0 Å². The van der Waals surface area contributed by atoms with E-state index in [0.29, 0.717) is 16.6 Å². The van der Waals surface area contributed by atoms with Crippen LogP contribution in [-0.2, 0) is 6.54 Å². The Morgan fingerprint density at radius 3 is 2.43 bits per heavy atom. The number of nitrogens with one attached hydrogen (secondary N) is 1. The SMILES string of the molecule is CN1CCN(c2ccc(Nc3ncc4ccc(=O)n(Cc5ccccc5SC(F)(F)F)c4n3)cc2)CC1. The minimum absolute atomic E-state index is 0.0479. The Kier molecular flexibility index (Phi) is 7.07. The highest BCUT2D eigenvalue weighted by Crippen LogP contribution is 2.38. The summed E-state index contributed by atoms with van der Waals surface area (Å²) in [5.74, 6) is 0.289. The van der Waals surface area contributed by atoms with Gasteiger partial charge in [-0.25, -0.2) is 4.98 Å². The van der Waals surface area contributed by atoms with Gasteiger partial charge in [0.2, 0.25) is 5.95 Å². The molecule has 4 aromatic rings. The molecule has 0 bridgehead atoms. The number of hydrogen-bond acceptors (Lipinski definition) is 7. The van der Waals surface area contributed by atoms with Crippen LogP contribution in [0.3, 0.4) is 0 Å². The third-order valence-corrected chi connectivity index (χ3v) is 7.09. The lowest BCUT2D eigenvalue weighted by atomic mass is 10.2. The van der Waals surface area contributed by atoms with E-state index in [1.54, 1.807) is 30.5 Å². The van der Waals surface area contributed by atoms with Crippen molar-refractivity contribution in [1.29, 1.82) is 0 Å². The number of hydrogen-bond donors (Lipinski definition) is 1. The number of anilines is 3. The van der Waals surface area contributed by atoms with Crippen molar-refractivity contribution in [2.24, 2.45) is 0 Å². The molecule has 5 rings (SSSR count). The Hall–Kier alpha value is -3.57. The molecule has 7 nitrogen and oxygen atoms in total. The Bertz CT molecular complexity index is 1450. The summed E-state index contributed by atoms with van der Waals surface area (Å²) in [6.45, 7) is 3.93. The van der Waals surface area contributed by atoms with Crippen LogP contribution in [0.4, 0.5) is 30.5 Å². The lowest BCUT2D eigenvalue weighted by Crippen LogP contribution is -2.44. The number of fused-ring (bicyclic) bond motifs is 1. The molecule has 3 heterocycles. The number of likely N-dealkylation sites (N-methyl/N-ethyl adjacent to an activating group) is 1. The minimum Gasteiger partial charge on any atom is -0.369 e. The molecule has 11 heteroatoms. The largest absolute Gasteiger partial charge is 0.446 e. The first-order valence-corrected chi connectivity index (χ1v) is 12.6. The summed E-state index contributed by atoms with van der Waals surface area (Å²) in [7, 11) is 2.12. The van der Waals surface area contributed by atoms with E-state index in [-0.39, 0.29) is 34.7 Å². The van der Waals surface area contributed by atoms with Crippen molar-refractivity contribution in [3.8, 4) is 0 Å². The minimum atomic E-state index is -4.43. The van der Waals surface area contributed by atoms with Gasteiger partial charge in [-0.2, -0.15) is 18.2 Å². The topological polar surface area (TPSA) is 66.3 Å². The molecule has 1 saturated heterocycles. The first-order chi connectivity index (χ1) is 17.7. The van der Waals surface area contributed by atoms with Crippen molar-refractivity contribution >= 4 is 40.1 Å². The molecule has 192 valence electrons. The molecular formula is C26H25F3N6OS. The van der Waals surface area contributed by atoms with Crippen LogP contribution in [0.2, 0.25) is 0 Å². The summed E-state index contributed by atoms with van der Waals surface area (Å²) >= 11 is -0.192. The van der Waals surface area contributed by atoms with Crippen LogP contribution in [0, 0.1) is 0 Å². The molecule has 1 aliphatic rings. The van der Waals surface area contributed by atoms with Gasteiger partial charge in [0.05, 0.1) is 6.54 Å². The van der Waals surface area contributed by atoms with E-state index in [9.17, 15) is 18.0 Å². The van der Waals surface area contributed by atoms with Gasteiger partial charge in [0.1, 0.15) is 5.65 Å². The Morgan fingerprint density at radius 2 is 1.70 bits per heavy atom. The quantitative estimate of drug-likeness (QED) is 0.357. The standard InChI is InChI=1S/C26H25F3N6OS/c1-33-12-14-34(15-13-33)21-9-7-20(8-10-21)31-25-30-16-18-6-11-23(36)35(24(18)32-25)17-19-4-2-3-5-22(19)37-26(27,28)29/h2-11,16H,12-15,17H2,1H3,(H,30,31,32). The van der Waals surface area contributed by atoms with Gasteiger partial charge in [0, 0.05) is 60.1 Å². The van der Waals surface area contributed by atoms with E-state index >= 15 is 0 Å². The number of piperazine rings is 1. The van der Waals surface area contributed by atoms with E-state index in [1.807, 2.05) is 24.3 Å². The molecular weight excluding hydrogens is 501 g/mol. The normalized spacial score (nSPS) is 14.8. The van der Waals surface area contributed by atoms with Crippen LogP contribution >= 0.6 is 11.8 Å². The predicted octanol–water partition coefficient (Wildman–Crippen LogP) is 4.95. The second-order valence-corrected chi connectivity index (χ2v) is 9.95.